The Hall–Kier alpha value is -3.91. The summed E-state index contributed by atoms with van der Waals surface area (Å²) in [6, 6.07) is 18.9. The highest BCUT2D eigenvalue weighted by atomic mass is 32.1. The van der Waals surface area contributed by atoms with E-state index in [9.17, 15) is 9.59 Å². The summed E-state index contributed by atoms with van der Waals surface area (Å²) in [6.07, 6.45) is 3.11. The number of carbonyl (C=O) groups excluding carboxylic acids is 2. The van der Waals surface area contributed by atoms with Crippen molar-refractivity contribution < 1.29 is 19.1 Å². The van der Waals surface area contributed by atoms with Gasteiger partial charge in [0.15, 0.2) is 16.6 Å². The fourth-order valence-corrected chi connectivity index (χ4v) is 3.26. The predicted octanol–water partition coefficient (Wildman–Crippen LogP) is 3.13. The van der Waals surface area contributed by atoms with E-state index in [-0.39, 0.29) is 17.4 Å². The lowest BCUT2D eigenvalue weighted by molar-refractivity contribution is -0.121. The molecule has 0 atom stereocenters. The number of carbonyl (C=O) groups is 2. The standard InChI is InChI=1S/C24H23N3O4S/c1-30-20-12-10-16(14-21(20)31-2)11-13-22(28)25-24(32)27-26-23(29)15-18-8-5-7-17-6-3-4-9-19(17)18/h3-14H,15H2,1-2H3,(H,26,29)(H2,25,27,28,32)/b13-11+. The molecular formula is C24H23N3O4S. The van der Waals surface area contributed by atoms with Gasteiger partial charge >= 0.3 is 0 Å². The van der Waals surface area contributed by atoms with Gasteiger partial charge in [0.1, 0.15) is 0 Å². The van der Waals surface area contributed by atoms with Crippen LogP contribution in [0.3, 0.4) is 0 Å². The van der Waals surface area contributed by atoms with Gasteiger partial charge in [0.2, 0.25) is 11.8 Å². The number of hydrogen-bond acceptors (Lipinski definition) is 5. The average molecular weight is 450 g/mol. The van der Waals surface area contributed by atoms with Crippen LogP contribution in [0.15, 0.2) is 66.7 Å². The van der Waals surface area contributed by atoms with E-state index in [1.54, 1.807) is 31.4 Å². The summed E-state index contributed by atoms with van der Waals surface area (Å²) >= 11 is 5.07. The summed E-state index contributed by atoms with van der Waals surface area (Å²) in [4.78, 5) is 24.4. The van der Waals surface area contributed by atoms with Gasteiger partial charge in [-0.25, -0.2) is 0 Å². The molecular weight excluding hydrogens is 426 g/mol. The quantitative estimate of drug-likeness (QED) is 0.304. The molecule has 0 aromatic heterocycles. The van der Waals surface area contributed by atoms with Crippen molar-refractivity contribution in [1.29, 1.82) is 0 Å². The molecule has 0 aliphatic heterocycles. The van der Waals surface area contributed by atoms with Gasteiger partial charge in [-0.15, -0.1) is 0 Å². The molecule has 3 N–H and O–H groups in total. The third kappa shape index (κ3) is 6.05. The van der Waals surface area contributed by atoms with Gasteiger partial charge in [0.25, 0.3) is 0 Å². The Labute approximate surface area is 191 Å². The molecule has 8 heteroatoms. The van der Waals surface area contributed by atoms with Crippen LogP contribution in [0.1, 0.15) is 11.1 Å². The van der Waals surface area contributed by atoms with E-state index in [0.29, 0.717) is 11.5 Å². The number of methoxy groups -OCH3 is 2. The highest BCUT2D eigenvalue weighted by Crippen LogP contribution is 2.27. The molecule has 7 nitrogen and oxygen atoms in total. The third-order valence-electron chi connectivity index (χ3n) is 4.62. The van der Waals surface area contributed by atoms with Crippen molar-refractivity contribution in [3.63, 3.8) is 0 Å². The zero-order valence-corrected chi connectivity index (χ0v) is 18.5. The van der Waals surface area contributed by atoms with Gasteiger partial charge in [-0.1, -0.05) is 48.5 Å². The Balaban J connectivity index is 1.49. The molecule has 164 valence electrons. The van der Waals surface area contributed by atoms with Crippen molar-refractivity contribution in [3.8, 4) is 11.5 Å². The molecule has 0 unspecified atom stereocenters. The first-order valence-corrected chi connectivity index (χ1v) is 10.2. The van der Waals surface area contributed by atoms with Crippen LogP contribution in [-0.2, 0) is 16.0 Å². The number of amides is 2. The number of benzene rings is 3. The van der Waals surface area contributed by atoms with Gasteiger partial charge in [0, 0.05) is 6.08 Å². The van der Waals surface area contributed by atoms with Crippen LogP contribution < -0.4 is 25.6 Å². The number of rotatable bonds is 6. The smallest absolute Gasteiger partial charge is 0.250 e. The molecule has 2 amide bonds. The Morgan fingerprint density at radius 1 is 0.938 bits per heavy atom. The lowest BCUT2D eigenvalue weighted by Gasteiger charge is -2.11. The zero-order chi connectivity index (χ0) is 22.9. The lowest BCUT2D eigenvalue weighted by atomic mass is 10.0. The summed E-state index contributed by atoms with van der Waals surface area (Å²) in [6.45, 7) is 0. The molecule has 0 saturated carbocycles. The largest absolute Gasteiger partial charge is 0.493 e. The van der Waals surface area contributed by atoms with Crippen LogP contribution in [0.2, 0.25) is 0 Å². The molecule has 0 bridgehead atoms. The average Bonchev–Trinajstić information content (AvgIpc) is 2.81. The molecule has 3 aromatic rings. The maximum Gasteiger partial charge on any atom is 0.250 e. The summed E-state index contributed by atoms with van der Waals surface area (Å²) in [5.74, 6) is 0.430. The third-order valence-corrected chi connectivity index (χ3v) is 4.82. The Bertz CT molecular complexity index is 1170. The van der Waals surface area contributed by atoms with E-state index in [1.807, 2.05) is 42.5 Å². The molecule has 3 aromatic carbocycles. The van der Waals surface area contributed by atoms with Crippen molar-refractivity contribution in [2.75, 3.05) is 14.2 Å². The van der Waals surface area contributed by atoms with E-state index < -0.39 is 5.91 Å². The predicted molar refractivity (Wildman–Crippen MR) is 128 cm³/mol. The summed E-state index contributed by atoms with van der Waals surface area (Å²) in [5, 5.41) is 4.54. The second-order valence-electron chi connectivity index (χ2n) is 6.75. The number of thiocarbonyl (C=S) groups is 1. The van der Waals surface area contributed by atoms with Crippen LogP contribution in [0.25, 0.3) is 16.8 Å². The second-order valence-corrected chi connectivity index (χ2v) is 7.16. The Morgan fingerprint density at radius 2 is 1.69 bits per heavy atom. The number of nitrogens with one attached hydrogen (secondary N) is 3. The van der Waals surface area contributed by atoms with Gasteiger partial charge in [0.05, 0.1) is 20.6 Å². The van der Waals surface area contributed by atoms with Crippen molar-refractivity contribution in [1.82, 2.24) is 16.2 Å². The Kier molecular flexibility index (Phi) is 7.77. The number of fused-ring (bicyclic) bond motifs is 1. The number of ether oxygens (including phenoxy) is 2. The van der Waals surface area contributed by atoms with Gasteiger partial charge < -0.3 is 9.47 Å². The van der Waals surface area contributed by atoms with Crippen molar-refractivity contribution in [3.05, 3.63) is 77.9 Å². The molecule has 0 aliphatic carbocycles. The van der Waals surface area contributed by atoms with Crippen LogP contribution in [0.4, 0.5) is 0 Å². The first-order valence-electron chi connectivity index (χ1n) is 9.76. The second kappa shape index (κ2) is 10.9. The van der Waals surface area contributed by atoms with Crippen molar-refractivity contribution in [2.24, 2.45) is 0 Å². The van der Waals surface area contributed by atoms with Crippen LogP contribution in [0, 0.1) is 0 Å². The number of hydrogen-bond donors (Lipinski definition) is 3. The van der Waals surface area contributed by atoms with E-state index in [2.05, 4.69) is 16.2 Å². The van der Waals surface area contributed by atoms with Crippen LogP contribution >= 0.6 is 12.2 Å². The summed E-state index contributed by atoms with van der Waals surface area (Å²) in [5.41, 5.74) is 6.69. The molecule has 0 saturated heterocycles. The lowest BCUT2D eigenvalue weighted by Crippen LogP contribution is -2.48. The van der Waals surface area contributed by atoms with Gasteiger partial charge in [-0.05, 0) is 52.3 Å². The van der Waals surface area contributed by atoms with Crippen LogP contribution in [0.5, 0.6) is 11.5 Å². The first-order chi connectivity index (χ1) is 15.5. The monoisotopic (exact) mass is 449 g/mol. The molecule has 0 fully saturated rings. The minimum atomic E-state index is -0.444. The van der Waals surface area contributed by atoms with E-state index in [4.69, 9.17) is 21.7 Å². The SMILES string of the molecule is COc1ccc(/C=C/C(=O)NC(=S)NNC(=O)Cc2cccc3ccccc23)cc1OC. The highest BCUT2D eigenvalue weighted by Gasteiger charge is 2.08. The van der Waals surface area contributed by atoms with Crippen molar-refractivity contribution >= 4 is 46.0 Å². The Morgan fingerprint density at radius 3 is 2.47 bits per heavy atom. The molecule has 0 heterocycles. The molecule has 3 rings (SSSR count). The summed E-state index contributed by atoms with van der Waals surface area (Å²) < 4.78 is 10.4. The fourth-order valence-electron chi connectivity index (χ4n) is 3.10. The molecule has 0 radical (unpaired) electrons. The first kappa shape index (κ1) is 22.8. The minimum Gasteiger partial charge on any atom is -0.493 e. The maximum atomic E-state index is 12.3. The van der Waals surface area contributed by atoms with E-state index in [0.717, 1.165) is 21.9 Å². The van der Waals surface area contributed by atoms with Gasteiger partial charge in [-0.3, -0.25) is 25.8 Å². The normalized spacial score (nSPS) is 10.6. The van der Waals surface area contributed by atoms with Crippen molar-refractivity contribution in [2.45, 2.75) is 6.42 Å². The number of hydrazine groups is 1. The minimum absolute atomic E-state index is 0.0155. The topological polar surface area (TPSA) is 88.7 Å². The maximum absolute atomic E-state index is 12.3. The molecule has 32 heavy (non-hydrogen) atoms. The van der Waals surface area contributed by atoms with E-state index in [1.165, 1.54) is 13.2 Å². The van der Waals surface area contributed by atoms with E-state index >= 15 is 0 Å². The van der Waals surface area contributed by atoms with Crippen LogP contribution in [-0.4, -0.2) is 31.1 Å². The zero-order valence-electron chi connectivity index (χ0n) is 17.7. The van der Waals surface area contributed by atoms with Gasteiger partial charge in [-0.2, -0.15) is 0 Å². The molecule has 0 spiro atoms. The highest BCUT2D eigenvalue weighted by molar-refractivity contribution is 7.80. The molecule has 0 aliphatic rings. The fraction of sp³-hybridized carbons (Fsp3) is 0.125. The summed E-state index contributed by atoms with van der Waals surface area (Å²) in [7, 11) is 3.09.